The second-order valence-corrected chi connectivity index (χ2v) is 8.57. The smallest absolute Gasteiger partial charge is 0.486 e. The molecule has 3 aliphatic heterocycles. The number of carbonyl (C=O) groups excluding carboxylic acids is 1. The van der Waals surface area contributed by atoms with Crippen LogP contribution in [-0.2, 0) is 0 Å². The largest absolute Gasteiger partial charge is 0.586 e. The fraction of sp³-hybridized carbons (Fsp3) is 0.192. The van der Waals surface area contributed by atoms with Gasteiger partial charge in [0, 0.05) is 22.9 Å². The van der Waals surface area contributed by atoms with Gasteiger partial charge < -0.3 is 29.0 Å². The molecule has 9 nitrogen and oxygen atoms in total. The summed E-state index contributed by atoms with van der Waals surface area (Å²) in [6.45, 7) is -2.05. The topological polar surface area (TPSA) is 90.5 Å². The van der Waals surface area contributed by atoms with Crippen molar-refractivity contribution < 1.29 is 46.0 Å². The summed E-state index contributed by atoms with van der Waals surface area (Å²) in [5, 5.41) is 3.92. The first kappa shape index (κ1) is 24.5. The number of nitrogens with one attached hydrogen (secondary N) is 2. The van der Waals surface area contributed by atoms with E-state index >= 15 is 0 Å². The van der Waals surface area contributed by atoms with E-state index in [1.54, 1.807) is 24.3 Å². The molecule has 0 atom stereocenters. The zero-order valence-electron chi connectivity index (χ0n) is 19.9. The Morgan fingerprint density at radius 2 is 1.59 bits per heavy atom. The highest BCUT2D eigenvalue weighted by atomic mass is 19.3. The number of benzene rings is 3. The van der Waals surface area contributed by atoms with Crippen LogP contribution >= 0.6 is 0 Å². The molecule has 202 valence electrons. The van der Waals surface area contributed by atoms with Crippen molar-refractivity contribution in [2.45, 2.75) is 12.9 Å². The molecule has 0 saturated carbocycles. The van der Waals surface area contributed by atoms with Crippen molar-refractivity contribution in [2.75, 3.05) is 25.1 Å². The minimum atomic E-state index is -3.78. The van der Waals surface area contributed by atoms with Crippen molar-refractivity contribution >= 4 is 23.0 Å². The van der Waals surface area contributed by atoms with E-state index in [2.05, 4.69) is 25.0 Å². The third-order valence-corrected chi connectivity index (χ3v) is 6.02. The van der Waals surface area contributed by atoms with Crippen LogP contribution in [-0.4, -0.2) is 43.7 Å². The summed E-state index contributed by atoms with van der Waals surface area (Å²) in [6, 6.07) is 14.6. The summed E-state index contributed by atoms with van der Waals surface area (Å²) in [6.07, 6.45) is -3.78. The Morgan fingerprint density at radius 3 is 2.36 bits per heavy atom. The number of hydrazine groups is 1. The molecule has 0 aliphatic carbocycles. The maximum atomic E-state index is 13.4. The lowest BCUT2D eigenvalue weighted by molar-refractivity contribution is -0.286. The van der Waals surface area contributed by atoms with E-state index < -0.39 is 18.9 Å². The van der Waals surface area contributed by atoms with E-state index in [9.17, 15) is 22.4 Å². The van der Waals surface area contributed by atoms with Crippen molar-refractivity contribution in [3.63, 3.8) is 0 Å². The molecule has 2 N–H and O–H groups in total. The summed E-state index contributed by atoms with van der Waals surface area (Å²) in [5.41, 5.74) is 5.82. The highest BCUT2D eigenvalue weighted by Gasteiger charge is 2.43. The molecular weight excluding hydrogens is 526 g/mol. The van der Waals surface area contributed by atoms with Gasteiger partial charge in [0.15, 0.2) is 23.0 Å². The maximum absolute atomic E-state index is 13.4. The molecule has 3 heterocycles. The minimum absolute atomic E-state index is 0.0174. The maximum Gasteiger partial charge on any atom is 0.586 e. The normalized spacial score (nSPS) is 16.8. The molecule has 13 heteroatoms. The average Bonchev–Trinajstić information content (AvgIpc) is 3.48. The number of hydrogen-bond donors (Lipinski definition) is 2. The van der Waals surface area contributed by atoms with Crippen LogP contribution in [0.4, 0.5) is 28.0 Å². The van der Waals surface area contributed by atoms with Gasteiger partial charge in [0.05, 0.1) is 12.2 Å². The van der Waals surface area contributed by atoms with Gasteiger partial charge in [0.2, 0.25) is 0 Å². The lowest BCUT2D eigenvalue weighted by Gasteiger charge is -2.20. The van der Waals surface area contributed by atoms with Crippen molar-refractivity contribution in [1.29, 1.82) is 0 Å². The van der Waals surface area contributed by atoms with Crippen LogP contribution in [0.25, 0.3) is 11.3 Å². The van der Waals surface area contributed by atoms with E-state index in [1.165, 1.54) is 35.3 Å². The lowest BCUT2D eigenvalue weighted by atomic mass is 10.00. The second kappa shape index (κ2) is 9.49. The molecule has 0 bridgehead atoms. The number of halogens is 4. The first-order valence-corrected chi connectivity index (χ1v) is 11.7. The molecule has 0 fully saturated rings. The molecule has 0 unspecified atom stereocenters. The first-order chi connectivity index (χ1) is 18.7. The highest BCUT2D eigenvalue weighted by molar-refractivity contribution is 5.99. The highest BCUT2D eigenvalue weighted by Crippen LogP contribution is 2.42. The van der Waals surface area contributed by atoms with Crippen LogP contribution in [0.15, 0.2) is 60.7 Å². The predicted octanol–water partition coefficient (Wildman–Crippen LogP) is 5.30. The Labute approximate surface area is 218 Å². The first-order valence-electron chi connectivity index (χ1n) is 11.7. The molecule has 6 rings (SSSR count). The number of fused-ring (bicyclic) bond motifs is 2. The van der Waals surface area contributed by atoms with Crippen LogP contribution < -0.4 is 34.4 Å². The van der Waals surface area contributed by atoms with E-state index in [0.717, 1.165) is 5.56 Å². The monoisotopic (exact) mass is 545 g/mol. The van der Waals surface area contributed by atoms with E-state index in [0.29, 0.717) is 41.5 Å². The number of carbonyl (C=O) groups is 1. The summed E-state index contributed by atoms with van der Waals surface area (Å²) in [7, 11) is 0. The SMILES string of the molecule is O=C(Nc1ccc2c(c1)OC(F)(F)O2)N1CC(c2ccc3c(c2)OCCO3)=C(c2ccc(OC(F)F)cc2)N1. The second-order valence-electron chi connectivity index (χ2n) is 8.57. The number of alkyl halides is 4. The standard InChI is InChI=1S/C26H19F4N3O6/c27-24(28)37-17-5-1-14(2-6-17)23-18(15-3-7-19-21(11-15)36-10-9-35-19)13-33(32-23)25(34)31-16-4-8-20-22(12-16)39-26(29,30)38-20/h1-8,11-12,24,32H,9-10,13H2,(H,31,34). The predicted molar refractivity (Wildman–Crippen MR) is 129 cm³/mol. The number of nitrogens with zero attached hydrogens (tertiary/aromatic N) is 1. The summed E-state index contributed by atoms with van der Waals surface area (Å²) in [5.74, 6) is 0.757. The third-order valence-electron chi connectivity index (χ3n) is 6.02. The van der Waals surface area contributed by atoms with E-state index in [-0.39, 0.29) is 29.5 Å². The molecule has 0 aromatic heterocycles. The quantitative estimate of drug-likeness (QED) is 0.421. The van der Waals surface area contributed by atoms with Crippen LogP contribution in [0.2, 0.25) is 0 Å². The molecule has 0 radical (unpaired) electrons. The van der Waals surface area contributed by atoms with Gasteiger partial charge in [-0.15, -0.1) is 8.78 Å². The fourth-order valence-electron chi connectivity index (χ4n) is 4.33. The molecular formula is C26H19F4N3O6. The van der Waals surface area contributed by atoms with Gasteiger partial charge in [-0.05, 0) is 54.1 Å². The minimum Gasteiger partial charge on any atom is -0.486 e. The summed E-state index contributed by atoms with van der Waals surface area (Å²) in [4.78, 5) is 13.2. The molecule has 2 amide bonds. The Morgan fingerprint density at radius 1 is 0.897 bits per heavy atom. The number of anilines is 1. The zero-order chi connectivity index (χ0) is 27.1. The number of hydrogen-bond acceptors (Lipinski definition) is 7. The average molecular weight is 545 g/mol. The summed E-state index contributed by atoms with van der Waals surface area (Å²) >= 11 is 0. The molecule has 3 aromatic rings. The van der Waals surface area contributed by atoms with Crippen LogP contribution in [0, 0.1) is 0 Å². The number of rotatable bonds is 5. The van der Waals surface area contributed by atoms with Crippen molar-refractivity contribution in [1.82, 2.24) is 10.4 Å². The molecule has 0 saturated heterocycles. The van der Waals surface area contributed by atoms with Gasteiger partial charge >= 0.3 is 18.9 Å². The van der Waals surface area contributed by atoms with Gasteiger partial charge in [-0.25, -0.2) is 9.80 Å². The van der Waals surface area contributed by atoms with Gasteiger partial charge in [-0.3, -0.25) is 5.43 Å². The Hall–Kier alpha value is -4.81. The summed E-state index contributed by atoms with van der Waals surface area (Å²) < 4.78 is 76.5. The van der Waals surface area contributed by atoms with Crippen LogP contribution in [0.1, 0.15) is 11.1 Å². The number of urea groups is 1. The number of ether oxygens (including phenoxy) is 5. The van der Waals surface area contributed by atoms with Crippen LogP contribution in [0.5, 0.6) is 28.7 Å². The molecule has 3 aromatic carbocycles. The van der Waals surface area contributed by atoms with Gasteiger partial charge in [-0.2, -0.15) is 8.78 Å². The van der Waals surface area contributed by atoms with Crippen molar-refractivity contribution in [3.05, 3.63) is 71.8 Å². The van der Waals surface area contributed by atoms with Gasteiger partial charge in [0.25, 0.3) is 0 Å². The van der Waals surface area contributed by atoms with Crippen molar-refractivity contribution in [3.8, 4) is 28.7 Å². The van der Waals surface area contributed by atoms with Crippen molar-refractivity contribution in [2.24, 2.45) is 0 Å². The van der Waals surface area contributed by atoms with E-state index in [1.807, 2.05) is 6.07 Å². The Kier molecular flexibility index (Phi) is 5.97. The molecule has 3 aliphatic rings. The molecule has 0 spiro atoms. The lowest BCUT2D eigenvalue weighted by Crippen LogP contribution is -2.40. The van der Waals surface area contributed by atoms with Crippen LogP contribution in [0.3, 0.4) is 0 Å². The van der Waals surface area contributed by atoms with Gasteiger partial charge in [0.1, 0.15) is 19.0 Å². The van der Waals surface area contributed by atoms with E-state index in [4.69, 9.17) is 9.47 Å². The fourth-order valence-corrected chi connectivity index (χ4v) is 4.33. The van der Waals surface area contributed by atoms with Gasteiger partial charge in [-0.1, -0.05) is 6.07 Å². The molecule has 39 heavy (non-hydrogen) atoms. The Balaban J connectivity index is 1.27. The Bertz CT molecular complexity index is 1460. The third kappa shape index (κ3) is 5.02. The number of amides is 2. The zero-order valence-corrected chi connectivity index (χ0v) is 19.9.